The maximum absolute atomic E-state index is 14.6. The summed E-state index contributed by atoms with van der Waals surface area (Å²) in [5.41, 5.74) is 5.92. The van der Waals surface area contributed by atoms with Crippen molar-refractivity contribution in [2.75, 3.05) is 5.32 Å². The van der Waals surface area contributed by atoms with Gasteiger partial charge in [0, 0.05) is 60.2 Å². The molecular weight excluding hydrogens is 602 g/mol. The predicted molar refractivity (Wildman–Crippen MR) is 167 cm³/mol. The van der Waals surface area contributed by atoms with Crippen LogP contribution in [0.3, 0.4) is 0 Å². The number of halogens is 2. The van der Waals surface area contributed by atoms with E-state index in [9.17, 15) is 19.2 Å². The van der Waals surface area contributed by atoms with Crippen LogP contribution >= 0.6 is 11.6 Å². The molecule has 3 N–H and O–H groups in total. The highest BCUT2D eigenvalue weighted by Crippen LogP contribution is 2.40. The minimum Gasteiger partial charge on any atom is -0.482 e. The Labute approximate surface area is 263 Å². The van der Waals surface area contributed by atoms with Crippen LogP contribution in [-0.2, 0) is 31.4 Å². The molecule has 1 aliphatic rings. The number of nitrogens with one attached hydrogen (secondary N) is 1. The van der Waals surface area contributed by atoms with Gasteiger partial charge in [0.25, 0.3) is 0 Å². The number of rotatable bonds is 5. The summed E-state index contributed by atoms with van der Waals surface area (Å²) >= 11 is 6.71. The normalized spacial score (nSPS) is 13.8. The molecule has 0 saturated heterocycles. The van der Waals surface area contributed by atoms with Crippen molar-refractivity contribution in [2.45, 2.75) is 39.5 Å². The molecule has 6 rings (SSSR count). The maximum Gasteiger partial charge on any atom is 0.488 e. The summed E-state index contributed by atoms with van der Waals surface area (Å²) in [6.45, 7) is 4.20. The fourth-order valence-electron chi connectivity index (χ4n) is 5.43. The lowest BCUT2D eigenvalue weighted by atomic mass is 9.80. The quantitative estimate of drug-likeness (QED) is 0.239. The van der Waals surface area contributed by atoms with E-state index in [1.807, 2.05) is 20.2 Å². The molecule has 2 aromatic carbocycles. The van der Waals surface area contributed by atoms with Crippen molar-refractivity contribution < 1.29 is 28.7 Å². The summed E-state index contributed by atoms with van der Waals surface area (Å²) < 4.78 is 29.9. The summed E-state index contributed by atoms with van der Waals surface area (Å²) in [4.78, 5) is 17.4. The Morgan fingerprint density at radius 1 is 1.20 bits per heavy atom. The second-order valence-corrected chi connectivity index (χ2v) is 11.0. The van der Waals surface area contributed by atoms with Crippen LogP contribution in [0.5, 0.6) is 5.75 Å². The molecule has 2 bridgehead atoms. The zero-order valence-electron chi connectivity index (χ0n) is 24.7. The molecule has 0 saturated carbocycles. The van der Waals surface area contributed by atoms with Gasteiger partial charge in [-0.3, -0.25) is 14.7 Å². The summed E-state index contributed by atoms with van der Waals surface area (Å²) in [6, 6.07) is 12.5. The van der Waals surface area contributed by atoms with E-state index in [1.54, 1.807) is 46.7 Å². The number of hydrogen-bond acceptors (Lipinski definition) is 8. The largest absolute Gasteiger partial charge is 0.488 e. The topological polar surface area (TPSA) is 137 Å². The van der Waals surface area contributed by atoms with Gasteiger partial charge in [-0.2, -0.15) is 10.2 Å². The lowest BCUT2D eigenvalue weighted by Crippen LogP contribution is -2.29. The molecule has 0 fully saturated rings. The highest BCUT2D eigenvalue weighted by atomic mass is 35.5. The van der Waals surface area contributed by atoms with E-state index in [1.165, 1.54) is 24.3 Å². The van der Waals surface area contributed by atoms with Gasteiger partial charge in [0.1, 0.15) is 18.5 Å². The summed E-state index contributed by atoms with van der Waals surface area (Å²) in [6.07, 6.45) is 2.45. The Bertz CT molecular complexity index is 1890. The molecule has 1 aliphatic heterocycles. The maximum atomic E-state index is 14.6. The van der Waals surface area contributed by atoms with E-state index in [4.69, 9.17) is 26.2 Å². The third-order valence-corrected chi connectivity index (χ3v) is 7.88. The molecule has 14 heteroatoms. The first kappa shape index (κ1) is 30.3. The van der Waals surface area contributed by atoms with Crippen molar-refractivity contribution in [3.8, 4) is 28.3 Å². The average Bonchev–Trinajstić information content (AvgIpc) is 3.54. The van der Waals surface area contributed by atoms with E-state index in [2.05, 4.69) is 15.4 Å². The molecule has 1 atom stereocenters. The van der Waals surface area contributed by atoms with E-state index in [0.29, 0.717) is 51.5 Å². The van der Waals surface area contributed by atoms with Crippen molar-refractivity contribution in [1.29, 1.82) is 0 Å². The number of nitrogens with zero attached hydrogens (tertiary/aromatic N) is 5. The van der Waals surface area contributed by atoms with Gasteiger partial charge in [-0.05, 0) is 49.1 Å². The number of fused-ring (bicyclic) bond motifs is 7. The van der Waals surface area contributed by atoms with Gasteiger partial charge in [-0.25, -0.2) is 14.2 Å². The fraction of sp³-hybridized carbons (Fsp3) is 0.226. The third-order valence-electron chi connectivity index (χ3n) is 7.58. The van der Waals surface area contributed by atoms with Crippen molar-refractivity contribution in [2.24, 2.45) is 7.05 Å². The Hall–Kier alpha value is -4.72. The minimum absolute atomic E-state index is 0.0745. The van der Waals surface area contributed by atoms with Gasteiger partial charge in [-0.1, -0.05) is 35.9 Å². The van der Waals surface area contributed by atoms with E-state index >= 15 is 0 Å². The van der Waals surface area contributed by atoms with Crippen LogP contribution in [0.1, 0.15) is 42.2 Å². The van der Waals surface area contributed by atoms with Crippen LogP contribution in [0, 0.1) is 5.82 Å². The van der Waals surface area contributed by atoms with Crippen LogP contribution in [-0.4, -0.2) is 47.8 Å². The zero-order valence-corrected chi connectivity index (χ0v) is 25.4. The molecule has 11 nitrogen and oxygen atoms in total. The third kappa shape index (κ3) is 6.14. The molecule has 5 aromatic rings. The molecule has 0 aliphatic carbocycles. The molecular formula is C31H29BClFN6O5. The second kappa shape index (κ2) is 12.3. The molecule has 1 unspecified atom stereocenters. The van der Waals surface area contributed by atoms with Gasteiger partial charge < -0.3 is 19.5 Å². The summed E-state index contributed by atoms with van der Waals surface area (Å²) in [5.74, 6) is -0.113. The molecule has 0 radical (unpaired) electrons. The Balaban J connectivity index is 1.40. The lowest BCUT2D eigenvalue weighted by molar-refractivity contribution is 0.154. The van der Waals surface area contributed by atoms with Crippen LogP contribution in [0.2, 0.25) is 5.15 Å². The summed E-state index contributed by atoms with van der Waals surface area (Å²) in [5, 5.41) is 30.9. The highest BCUT2D eigenvalue weighted by molar-refractivity contribution is 6.58. The SMILES string of the molecule is CCn1nc(Cl)c2c1-c1cnc(NC(=O)OCc3ccc(B(O)O)cc3)c(c1)OC(C)c1cc(F)ccc1-c1nn(C)cc1C2. The minimum atomic E-state index is -1.59. The van der Waals surface area contributed by atoms with Gasteiger partial charge in [0.2, 0.25) is 0 Å². The van der Waals surface area contributed by atoms with Crippen molar-refractivity contribution in [1.82, 2.24) is 24.5 Å². The highest BCUT2D eigenvalue weighted by Gasteiger charge is 2.27. The first-order valence-corrected chi connectivity index (χ1v) is 14.6. The average molecular weight is 631 g/mol. The monoisotopic (exact) mass is 630 g/mol. The van der Waals surface area contributed by atoms with E-state index in [0.717, 1.165) is 16.8 Å². The molecule has 3 aromatic heterocycles. The first-order chi connectivity index (χ1) is 21.6. The van der Waals surface area contributed by atoms with Crippen LogP contribution in [0.15, 0.2) is 60.9 Å². The number of carbonyl (C=O) groups is 1. The Kier molecular flexibility index (Phi) is 8.32. The van der Waals surface area contributed by atoms with E-state index < -0.39 is 25.1 Å². The van der Waals surface area contributed by atoms with Crippen molar-refractivity contribution >= 4 is 36.1 Å². The van der Waals surface area contributed by atoms with E-state index in [-0.39, 0.29) is 18.2 Å². The zero-order chi connectivity index (χ0) is 31.8. The number of pyridine rings is 1. The smallest absolute Gasteiger partial charge is 0.482 e. The molecule has 45 heavy (non-hydrogen) atoms. The summed E-state index contributed by atoms with van der Waals surface area (Å²) in [7, 11) is 0.231. The Morgan fingerprint density at radius 2 is 1.98 bits per heavy atom. The van der Waals surface area contributed by atoms with Crippen molar-refractivity contribution in [3.05, 3.63) is 94.1 Å². The van der Waals surface area contributed by atoms with Gasteiger partial charge in [0.15, 0.2) is 16.7 Å². The number of carbonyl (C=O) groups excluding carboxylic acids is 1. The number of ether oxygens (including phenoxy) is 2. The van der Waals surface area contributed by atoms with Crippen LogP contribution in [0.4, 0.5) is 15.0 Å². The molecule has 1 amide bonds. The number of aromatic nitrogens is 5. The van der Waals surface area contributed by atoms with Gasteiger partial charge in [-0.15, -0.1) is 0 Å². The molecule has 0 spiro atoms. The Morgan fingerprint density at radius 3 is 2.71 bits per heavy atom. The molecule has 4 heterocycles. The second-order valence-electron chi connectivity index (χ2n) is 10.7. The standard InChI is InChI=1S/C31H29BClFN6O5/c1-4-40-28-19-12-26(30(35-14-19)36-31(41)44-16-18-5-7-21(8-6-18)32(42)43)45-17(2)24-13-22(34)9-10-23(24)27-20(15-39(3)37-27)11-25(28)29(33)38-40/h5-10,12-15,17,42-43H,4,11,16H2,1-3H3,(H,35,36,41). The molecule has 230 valence electrons. The first-order valence-electron chi connectivity index (χ1n) is 14.2. The van der Waals surface area contributed by atoms with Gasteiger partial charge >= 0.3 is 13.2 Å². The number of hydrogen-bond donors (Lipinski definition) is 3. The van der Waals surface area contributed by atoms with Crippen molar-refractivity contribution in [3.63, 3.8) is 0 Å². The van der Waals surface area contributed by atoms with Crippen LogP contribution < -0.4 is 15.5 Å². The number of amides is 1. The number of benzene rings is 2. The predicted octanol–water partition coefficient (Wildman–Crippen LogP) is 4.63. The van der Waals surface area contributed by atoms with Gasteiger partial charge in [0.05, 0.1) is 11.4 Å². The van der Waals surface area contributed by atoms with Crippen LogP contribution in [0.25, 0.3) is 22.5 Å². The fourth-order valence-corrected chi connectivity index (χ4v) is 5.68. The number of aryl methyl sites for hydroxylation is 2. The number of anilines is 1. The lowest BCUT2D eigenvalue weighted by Gasteiger charge is -2.22.